The van der Waals surface area contributed by atoms with Gasteiger partial charge < -0.3 is 5.84 Å². The Bertz CT molecular complexity index is 651. The lowest BCUT2D eigenvalue weighted by molar-refractivity contribution is 0.683. The minimum absolute atomic E-state index is 0.587. The second-order valence-corrected chi connectivity index (χ2v) is 7.22. The Labute approximate surface area is 135 Å². The van der Waals surface area contributed by atoms with E-state index >= 15 is 0 Å². The van der Waals surface area contributed by atoms with E-state index in [1.54, 1.807) is 0 Å². The quantitative estimate of drug-likeness (QED) is 0.501. The highest BCUT2D eigenvalue weighted by atomic mass is 79.9. The van der Waals surface area contributed by atoms with Crippen LogP contribution in [0.5, 0.6) is 0 Å². The van der Waals surface area contributed by atoms with E-state index < -0.39 is 10.8 Å². The molecule has 5 heteroatoms. The summed E-state index contributed by atoms with van der Waals surface area (Å²) in [5.41, 5.74) is 3.72. The molecule has 2 rings (SSSR count). The number of nitrogens with two attached hydrogens (primary N) is 1. The van der Waals surface area contributed by atoms with Gasteiger partial charge in [0.15, 0.2) is 0 Å². The molecular formula is C16H17BrN2OS. The highest BCUT2D eigenvalue weighted by molar-refractivity contribution is 9.10. The number of benzene rings is 2. The Balaban J connectivity index is 2.23. The molecule has 1 atom stereocenters. The van der Waals surface area contributed by atoms with Gasteiger partial charge in [-0.25, -0.2) is 0 Å². The first kappa shape index (κ1) is 15.9. The first-order valence-electron chi connectivity index (χ1n) is 6.62. The van der Waals surface area contributed by atoms with Crippen LogP contribution in [0.2, 0.25) is 0 Å². The van der Waals surface area contributed by atoms with Crippen LogP contribution in [0.4, 0.5) is 0 Å². The van der Waals surface area contributed by atoms with Crippen LogP contribution in [0.1, 0.15) is 23.6 Å². The summed E-state index contributed by atoms with van der Waals surface area (Å²) in [5, 5.41) is 3.91. The first-order chi connectivity index (χ1) is 10.1. The predicted molar refractivity (Wildman–Crippen MR) is 92.8 cm³/mol. The molecule has 21 heavy (non-hydrogen) atoms. The zero-order valence-corrected chi connectivity index (χ0v) is 14.2. The van der Waals surface area contributed by atoms with E-state index in [0.717, 1.165) is 26.9 Å². The standard InChI is InChI=1S/C16H17BrN2OS/c1-2-21(20)11-12-3-5-13(6-4-12)16(19-18)14-7-9-15(17)10-8-14/h3-10H,2,11,18H2,1H3. The second-order valence-electron chi connectivity index (χ2n) is 4.55. The smallest absolute Gasteiger partial charge is 0.0971 e. The number of rotatable bonds is 5. The summed E-state index contributed by atoms with van der Waals surface area (Å²) < 4.78 is 12.6. The van der Waals surface area contributed by atoms with Crippen molar-refractivity contribution in [2.75, 3.05) is 5.75 Å². The van der Waals surface area contributed by atoms with Gasteiger partial charge in [-0.05, 0) is 17.7 Å². The van der Waals surface area contributed by atoms with Crippen molar-refractivity contribution < 1.29 is 4.21 Å². The van der Waals surface area contributed by atoms with E-state index in [0.29, 0.717) is 11.5 Å². The van der Waals surface area contributed by atoms with E-state index in [-0.39, 0.29) is 0 Å². The summed E-state index contributed by atoms with van der Waals surface area (Å²) in [6.45, 7) is 1.93. The van der Waals surface area contributed by atoms with Crippen molar-refractivity contribution in [3.05, 3.63) is 69.7 Å². The van der Waals surface area contributed by atoms with Gasteiger partial charge in [-0.2, -0.15) is 5.10 Å². The van der Waals surface area contributed by atoms with Crippen molar-refractivity contribution in [3.63, 3.8) is 0 Å². The molecule has 2 aromatic rings. The average molecular weight is 365 g/mol. The van der Waals surface area contributed by atoms with Crippen molar-refractivity contribution in [2.45, 2.75) is 12.7 Å². The molecule has 0 spiro atoms. The Hall–Kier alpha value is -1.46. The molecule has 0 radical (unpaired) electrons. The minimum Gasteiger partial charge on any atom is -0.323 e. The van der Waals surface area contributed by atoms with E-state index in [1.807, 2.05) is 55.5 Å². The van der Waals surface area contributed by atoms with E-state index in [2.05, 4.69) is 21.0 Å². The molecule has 3 nitrogen and oxygen atoms in total. The predicted octanol–water partition coefficient (Wildman–Crippen LogP) is 3.43. The van der Waals surface area contributed by atoms with Crippen molar-refractivity contribution in [1.82, 2.24) is 0 Å². The van der Waals surface area contributed by atoms with Crippen molar-refractivity contribution >= 4 is 32.4 Å². The highest BCUT2D eigenvalue weighted by Crippen LogP contribution is 2.16. The third-order valence-electron chi connectivity index (χ3n) is 3.12. The maximum atomic E-state index is 11.6. The molecule has 110 valence electrons. The number of hydrogen-bond acceptors (Lipinski definition) is 3. The molecule has 1 unspecified atom stereocenters. The number of hydrogen-bond donors (Lipinski definition) is 1. The van der Waals surface area contributed by atoms with Gasteiger partial charge in [-0.1, -0.05) is 59.3 Å². The van der Waals surface area contributed by atoms with Crippen LogP contribution in [-0.2, 0) is 16.6 Å². The molecule has 2 aromatic carbocycles. The Morgan fingerprint density at radius 2 is 1.62 bits per heavy atom. The number of halogens is 1. The summed E-state index contributed by atoms with van der Waals surface area (Å²) in [6, 6.07) is 15.7. The Kier molecular flexibility index (Phi) is 5.70. The third-order valence-corrected chi connectivity index (χ3v) is 4.95. The van der Waals surface area contributed by atoms with Crippen LogP contribution in [0, 0.1) is 0 Å². The molecule has 0 aliphatic heterocycles. The van der Waals surface area contributed by atoms with Crippen molar-refractivity contribution in [2.24, 2.45) is 10.9 Å². The average Bonchev–Trinajstić information content (AvgIpc) is 2.51. The Morgan fingerprint density at radius 1 is 1.10 bits per heavy atom. The molecule has 0 bridgehead atoms. The van der Waals surface area contributed by atoms with Gasteiger partial charge in [0.2, 0.25) is 0 Å². The lowest BCUT2D eigenvalue weighted by Crippen LogP contribution is -2.06. The second kappa shape index (κ2) is 7.52. The molecule has 0 aliphatic carbocycles. The fourth-order valence-electron chi connectivity index (χ4n) is 1.97. The summed E-state index contributed by atoms with van der Waals surface area (Å²) in [4.78, 5) is 0. The number of hydrazone groups is 1. The van der Waals surface area contributed by atoms with E-state index in [1.165, 1.54) is 0 Å². The fourth-order valence-corrected chi connectivity index (χ4v) is 3.00. The van der Waals surface area contributed by atoms with Crippen LogP contribution in [0.15, 0.2) is 58.1 Å². The van der Waals surface area contributed by atoms with Gasteiger partial charge in [-0.15, -0.1) is 0 Å². The van der Waals surface area contributed by atoms with Crippen molar-refractivity contribution in [3.8, 4) is 0 Å². The maximum absolute atomic E-state index is 11.6. The monoisotopic (exact) mass is 364 g/mol. The fraction of sp³-hybridized carbons (Fsp3) is 0.188. The molecule has 0 amide bonds. The highest BCUT2D eigenvalue weighted by Gasteiger charge is 2.07. The van der Waals surface area contributed by atoms with Gasteiger partial charge in [0.25, 0.3) is 0 Å². The van der Waals surface area contributed by atoms with Crippen LogP contribution < -0.4 is 5.84 Å². The van der Waals surface area contributed by atoms with Gasteiger partial charge >= 0.3 is 0 Å². The van der Waals surface area contributed by atoms with Gasteiger partial charge in [-0.3, -0.25) is 4.21 Å². The SMILES string of the molecule is CCS(=O)Cc1ccc(C(=NN)c2ccc(Br)cc2)cc1. The maximum Gasteiger partial charge on any atom is 0.0971 e. The lowest BCUT2D eigenvalue weighted by atomic mass is 10.0. The summed E-state index contributed by atoms with van der Waals surface area (Å²) in [5.74, 6) is 6.81. The van der Waals surface area contributed by atoms with Crippen LogP contribution >= 0.6 is 15.9 Å². The van der Waals surface area contributed by atoms with Crippen LogP contribution in [0.25, 0.3) is 0 Å². The van der Waals surface area contributed by atoms with Crippen LogP contribution in [0.3, 0.4) is 0 Å². The van der Waals surface area contributed by atoms with Gasteiger partial charge in [0.05, 0.1) is 5.71 Å². The lowest BCUT2D eigenvalue weighted by Gasteiger charge is -2.07. The van der Waals surface area contributed by atoms with E-state index in [4.69, 9.17) is 5.84 Å². The molecule has 0 saturated carbocycles. The van der Waals surface area contributed by atoms with Gasteiger partial charge in [0.1, 0.15) is 0 Å². The zero-order chi connectivity index (χ0) is 15.2. The Morgan fingerprint density at radius 3 is 2.10 bits per heavy atom. The largest absolute Gasteiger partial charge is 0.323 e. The molecule has 0 heterocycles. The van der Waals surface area contributed by atoms with E-state index in [9.17, 15) is 4.21 Å². The number of nitrogens with zero attached hydrogens (tertiary/aromatic N) is 1. The molecule has 2 N–H and O–H groups in total. The summed E-state index contributed by atoms with van der Waals surface area (Å²) >= 11 is 3.41. The first-order valence-corrected chi connectivity index (χ1v) is 8.90. The summed E-state index contributed by atoms with van der Waals surface area (Å²) in [7, 11) is -0.796. The van der Waals surface area contributed by atoms with Gasteiger partial charge in [0, 0.05) is 37.9 Å². The molecule has 0 fully saturated rings. The zero-order valence-electron chi connectivity index (χ0n) is 11.8. The normalized spacial score (nSPS) is 13.1. The molecule has 0 saturated heterocycles. The molecule has 0 aliphatic rings. The topological polar surface area (TPSA) is 55.5 Å². The third kappa shape index (κ3) is 4.25. The minimum atomic E-state index is -0.796. The van der Waals surface area contributed by atoms with Crippen molar-refractivity contribution in [1.29, 1.82) is 0 Å². The summed E-state index contributed by atoms with van der Waals surface area (Å²) in [6.07, 6.45) is 0. The molecular weight excluding hydrogens is 348 g/mol. The molecule has 0 aromatic heterocycles. The van der Waals surface area contributed by atoms with Crippen LogP contribution in [-0.4, -0.2) is 15.7 Å².